The molecule has 0 saturated heterocycles. The summed E-state index contributed by atoms with van der Waals surface area (Å²) in [5, 5.41) is 8.81. The Hall–Kier alpha value is -1.60. The minimum atomic E-state index is -0.106. The number of rotatable bonds is 3. The van der Waals surface area contributed by atoms with Gasteiger partial charge in [-0.15, -0.1) is 6.42 Å². The molecule has 0 aliphatic heterocycles. The summed E-state index contributed by atoms with van der Waals surface area (Å²) in [7, 11) is 1.82. The molecule has 0 fully saturated rings. The SMILES string of the molecule is C#CCN(C)c1cncc(CO)n1. The number of aromatic nitrogens is 2. The molecule has 1 aromatic rings. The summed E-state index contributed by atoms with van der Waals surface area (Å²) in [4.78, 5) is 9.84. The van der Waals surface area contributed by atoms with Crippen molar-refractivity contribution in [3.63, 3.8) is 0 Å². The summed E-state index contributed by atoms with van der Waals surface area (Å²) in [6.07, 6.45) is 8.28. The molecule has 13 heavy (non-hydrogen) atoms. The van der Waals surface area contributed by atoms with Crippen molar-refractivity contribution < 1.29 is 5.11 Å². The maximum absolute atomic E-state index is 8.81. The highest BCUT2D eigenvalue weighted by molar-refractivity contribution is 5.36. The summed E-state index contributed by atoms with van der Waals surface area (Å²) >= 11 is 0. The zero-order chi connectivity index (χ0) is 9.68. The predicted molar refractivity (Wildman–Crippen MR) is 50.1 cm³/mol. The first-order valence-electron chi connectivity index (χ1n) is 3.84. The fourth-order valence-corrected chi connectivity index (χ4v) is 0.873. The van der Waals surface area contributed by atoms with Crippen LogP contribution in [0.4, 0.5) is 5.82 Å². The average Bonchev–Trinajstić information content (AvgIpc) is 2.18. The van der Waals surface area contributed by atoms with Crippen LogP contribution in [0.25, 0.3) is 0 Å². The largest absolute Gasteiger partial charge is 0.390 e. The van der Waals surface area contributed by atoms with E-state index in [1.807, 2.05) is 7.05 Å². The fraction of sp³-hybridized carbons (Fsp3) is 0.333. The van der Waals surface area contributed by atoms with Crippen molar-refractivity contribution in [2.75, 3.05) is 18.5 Å². The molecule has 68 valence electrons. The first-order valence-corrected chi connectivity index (χ1v) is 3.84. The van der Waals surface area contributed by atoms with E-state index in [9.17, 15) is 0 Å². The molecule has 1 heterocycles. The maximum Gasteiger partial charge on any atom is 0.148 e. The average molecular weight is 177 g/mol. The van der Waals surface area contributed by atoms with Gasteiger partial charge in [0.25, 0.3) is 0 Å². The summed E-state index contributed by atoms with van der Waals surface area (Å²) in [5.41, 5.74) is 0.543. The van der Waals surface area contributed by atoms with E-state index >= 15 is 0 Å². The topological polar surface area (TPSA) is 49.2 Å². The van der Waals surface area contributed by atoms with Crippen LogP contribution in [0.1, 0.15) is 5.69 Å². The van der Waals surface area contributed by atoms with Gasteiger partial charge in [-0.05, 0) is 0 Å². The monoisotopic (exact) mass is 177 g/mol. The molecule has 0 amide bonds. The van der Waals surface area contributed by atoms with E-state index in [0.29, 0.717) is 18.1 Å². The van der Waals surface area contributed by atoms with E-state index in [4.69, 9.17) is 11.5 Å². The molecule has 0 bridgehead atoms. The van der Waals surface area contributed by atoms with Crippen molar-refractivity contribution >= 4 is 5.82 Å². The molecule has 0 atom stereocenters. The van der Waals surface area contributed by atoms with Gasteiger partial charge >= 0.3 is 0 Å². The highest BCUT2D eigenvalue weighted by atomic mass is 16.3. The van der Waals surface area contributed by atoms with Gasteiger partial charge in [-0.25, -0.2) is 4.98 Å². The van der Waals surface area contributed by atoms with Gasteiger partial charge in [-0.1, -0.05) is 5.92 Å². The summed E-state index contributed by atoms with van der Waals surface area (Å²) in [6, 6.07) is 0. The third kappa shape index (κ3) is 2.42. The molecule has 1 aromatic heterocycles. The van der Waals surface area contributed by atoms with E-state index in [0.717, 1.165) is 0 Å². The number of aliphatic hydroxyl groups is 1. The molecule has 4 nitrogen and oxygen atoms in total. The number of hydrogen-bond donors (Lipinski definition) is 1. The molecule has 0 spiro atoms. The van der Waals surface area contributed by atoms with Gasteiger partial charge in [0.05, 0.1) is 31.2 Å². The van der Waals surface area contributed by atoms with E-state index in [1.165, 1.54) is 6.20 Å². The Morgan fingerprint density at radius 3 is 3.00 bits per heavy atom. The van der Waals surface area contributed by atoms with E-state index in [-0.39, 0.29) is 6.61 Å². The van der Waals surface area contributed by atoms with E-state index < -0.39 is 0 Å². The lowest BCUT2D eigenvalue weighted by molar-refractivity contribution is 0.276. The lowest BCUT2D eigenvalue weighted by atomic mass is 10.4. The van der Waals surface area contributed by atoms with E-state index in [1.54, 1.807) is 11.1 Å². The highest BCUT2D eigenvalue weighted by Crippen LogP contribution is 2.06. The Morgan fingerprint density at radius 1 is 1.62 bits per heavy atom. The van der Waals surface area contributed by atoms with Crippen LogP contribution in [0, 0.1) is 12.3 Å². The minimum absolute atomic E-state index is 0.106. The predicted octanol–water partition coefficient (Wildman–Crippen LogP) is 0.0383. The molecule has 1 rings (SSSR count). The Kier molecular flexibility index (Phi) is 3.23. The second-order valence-electron chi connectivity index (χ2n) is 2.59. The molecular weight excluding hydrogens is 166 g/mol. The molecule has 0 aliphatic carbocycles. The summed E-state index contributed by atoms with van der Waals surface area (Å²) in [5.74, 6) is 3.17. The second-order valence-corrected chi connectivity index (χ2v) is 2.59. The number of aliphatic hydroxyl groups excluding tert-OH is 1. The van der Waals surface area contributed by atoms with Crippen LogP contribution in [-0.2, 0) is 6.61 Å². The first-order chi connectivity index (χ1) is 6.27. The van der Waals surface area contributed by atoms with Crippen molar-refractivity contribution in [1.29, 1.82) is 0 Å². The van der Waals surface area contributed by atoms with Gasteiger partial charge < -0.3 is 10.0 Å². The Morgan fingerprint density at radius 2 is 2.38 bits per heavy atom. The zero-order valence-electron chi connectivity index (χ0n) is 7.44. The Bertz CT molecular complexity index is 319. The van der Waals surface area contributed by atoms with Crippen molar-refractivity contribution in [2.45, 2.75) is 6.61 Å². The van der Waals surface area contributed by atoms with Crippen molar-refractivity contribution in [2.24, 2.45) is 0 Å². The molecule has 4 heteroatoms. The van der Waals surface area contributed by atoms with Gasteiger partial charge in [0.1, 0.15) is 5.82 Å². The number of terminal acetylenes is 1. The third-order valence-corrected chi connectivity index (χ3v) is 1.55. The quantitative estimate of drug-likeness (QED) is 0.662. The normalized spacial score (nSPS) is 9.31. The van der Waals surface area contributed by atoms with Gasteiger partial charge in [-0.2, -0.15) is 0 Å². The maximum atomic E-state index is 8.81. The van der Waals surface area contributed by atoms with Crippen molar-refractivity contribution in [3.8, 4) is 12.3 Å². The van der Waals surface area contributed by atoms with Crippen molar-refractivity contribution in [3.05, 3.63) is 18.1 Å². The summed E-state index contributed by atoms with van der Waals surface area (Å²) in [6.45, 7) is 0.369. The zero-order valence-corrected chi connectivity index (χ0v) is 7.44. The summed E-state index contributed by atoms with van der Waals surface area (Å²) < 4.78 is 0. The third-order valence-electron chi connectivity index (χ3n) is 1.55. The first kappa shape index (κ1) is 9.49. The van der Waals surface area contributed by atoms with Gasteiger partial charge in [-0.3, -0.25) is 4.98 Å². The van der Waals surface area contributed by atoms with Crippen LogP contribution in [0.2, 0.25) is 0 Å². The van der Waals surface area contributed by atoms with Crippen molar-refractivity contribution in [1.82, 2.24) is 9.97 Å². The standard InChI is InChI=1S/C9H11N3O/c1-3-4-12(2)9-6-10-5-8(7-13)11-9/h1,5-6,13H,4,7H2,2H3. The Labute approximate surface area is 77.2 Å². The molecule has 0 aliphatic rings. The van der Waals surface area contributed by atoms with Crippen LogP contribution < -0.4 is 4.90 Å². The van der Waals surface area contributed by atoms with Crippen LogP contribution in [0.15, 0.2) is 12.4 Å². The molecule has 0 radical (unpaired) electrons. The molecular formula is C9H11N3O. The van der Waals surface area contributed by atoms with Crippen LogP contribution in [0.3, 0.4) is 0 Å². The van der Waals surface area contributed by atoms with E-state index in [2.05, 4.69) is 15.9 Å². The lowest BCUT2D eigenvalue weighted by Crippen LogP contribution is -2.19. The van der Waals surface area contributed by atoms with Gasteiger partial charge in [0, 0.05) is 7.05 Å². The molecule has 0 unspecified atom stereocenters. The van der Waals surface area contributed by atoms with Crippen LogP contribution in [-0.4, -0.2) is 28.7 Å². The Balaban J connectivity index is 2.83. The second kappa shape index (κ2) is 4.43. The van der Waals surface area contributed by atoms with Gasteiger partial charge in [0.2, 0.25) is 0 Å². The van der Waals surface area contributed by atoms with Crippen LogP contribution in [0.5, 0.6) is 0 Å². The van der Waals surface area contributed by atoms with Crippen LogP contribution >= 0.6 is 0 Å². The van der Waals surface area contributed by atoms with Gasteiger partial charge in [0.15, 0.2) is 0 Å². The number of anilines is 1. The fourth-order valence-electron chi connectivity index (χ4n) is 0.873. The molecule has 0 saturated carbocycles. The smallest absolute Gasteiger partial charge is 0.148 e. The molecule has 1 N–H and O–H groups in total. The molecule has 0 aromatic carbocycles. The minimum Gasteiger partial charge on any atom is -0.390 e. The highest BCUT2D eigenvalue weighted by Gasteiger charge is 2.01. The number of hydrogen-bond acceptors (Lipinski definition) is 4. The number of nitrogens with zero attached hydrogens (tertiary/aromatic N) is 3. The lowest BCUT2D eigenvalue weighted by Gasteiger charge is -2.14.